The third-order valence-corrected chi connectivity index (χ3v) is 3.58. The van der Waals surface area contributed by atoms with E-state index < -0.39 is 0 Å². The molecule has 0 aliphatic carbocycles. The molecule has 2 rings (SSSR count). The molecule has 0 aliphatic rings. The van der Waals surface area contributed by atoms with Crippen LogP contribution in [0.3, 0.4) is 0 Å². The maximum Gasteiger partial charge on any atom is 0.255 e. The molecule has 0 heterocycles. The maximum absolute atomic E-state index is 12.1. The molecule has 1 amide bonds. The minimum atomic E-state index is -0.111. The van der Waals surface area contributed by atoms with E-state index in [4.69, 9.17) is 4.74 Å². The van der Waals surface area contributed by atoms with Gasteiger partial charge in [-0.05, 0) is 68.6 Å². The first-order valence-corrected chi connectivity index (χ1v) is 8.03. The second kappa shape index (κ2) is 7.18. The molecule has 0 radical (unpaired) electrons. The summed E-state index contributed by atoms with van der Waals surface area (Å²) in [5.41, 5.74) is 1.40. The van der Waals surface area contributed by atoms with Gasteiger partial charge >= 0.3 is 0 Å². The average molecular weight is 301 g/mol. The highest BCUT2D eigenvalue weighted by Crippen LogP contribution is 2.19. The molecule has 4 heteroatoms. The van der Waals surface area contributed by atoms with E-state index in [9.17, 15) is 4.79 Å². The van der Waals surface area contributed by atoms with E-state index in [1.165, 1.54) is 0 Å². The van der Waals surface area contributed by atoms with Crippen molar-refractivity contribution in [2.45, 2.75) is 24.8 Å². The van der Waals surface area contributed by atoms with Crippen LogP contribution in [0.15, 0.2) is 53.4 Å². The molecular weight excluding hydrogens is 282 g/mol. The normalized spacial score (nSPS) is 10.5. The van der Waals surface area contributed by atoms with Gasteiger partial charge in [0.15, 0.2) is 0 Å². The lowest BCUT2D eigenvalue weighted by Crippen LogP contribution is -2.11. The van der Waals surface area contributed by atoms with Crippen molar-refractivity contribution in [3.8, 4) is 5.75 Å². The Morgan fingerprint density at radius 3 is 2.19 bits per heavy atom. The Balaban J connectivity index is 2.01. The van der Waals surface area contributed by atoms with Crippen molar-refractivity contribution in [1.29, 1.82) is 0 Å². The van der Waals surface area contributed by atoms with Gasteiger partial charge in [0.2, 0.25) is 0 Å². The number of amides is 1. The molecule has 0 bridgehead atoms. The number of rotatable bonds is 5. The number of hydrogen-bond donors (Lipinski definition) is 1. The topological polar surface area (TPSA) is 38.3 Å². The summed E-state index contributed by atoms with van der Waals surface area (Å²) in [6.07, 6.45) is 2.15. The number of anilines is 1. The monoisotopic (exact) mass is 301 g/mol. The van der Waals surface area contributed by atoms with Crippen LogP contribution in [0.2, 0.25) is 0 Å². The summed E-state index contributed by atoms with van der Waals surface area (Å²) >= 11 is 1.65. The molecule has 3 nitrogen and oxygen atoms in total. The molecule has 21 heavy (non-hydrogen) atoms. The molecule has 0 saturated heterocycles. The van der Waals surface area contributed by atoms with Crippen molar-refractivity contribution >= 4 is 23.4 Å². The van der Waals surface area contributed by atoms with Crippen LogP contribution >= 0.6 is 11.8 Å². The molecular formula is C17H19NO2S. The Morgan fingerprint density at radius 1 is 1.05 bits per heavy atom. The summed E-state index contributed by atoms with van der Waals surface area (Å²) in [6, 6.07) is 14.9. The number of carbonyl (C=O) groups is 1. The van der Waals surface area contributed by atoms with Crippen LogP contribution in [0.4, 0.5) is 5.69 Å². The Morgan fingerprint density at radius 2 is 1.67 bits per heavy atom. The fraction of sp³-hybridized carbons (Fsp3) is 0.235. The van der Waals surface area contributed by atoms with Crippen molar-refractivity contribution in [2.75, 3.05) is 11.6 Å². The summed E-state index contributed by atoms with van der Waals surface area (Å²) in [5.74, 6) is 0.688. The summed E-state index contributed by atoms with van der Waals surface area (Å²) in [7, 11) is 0. The van der Waals surface area contributed by atoms with E-state index in [0.717, 1.165) is 16.3 Å². The van der Waals surface area contributed by atoms with E-state index in [1.807, 2.05) is 68.6 Å². The van der Waals surface area contributed by atoms with Crippen LogP contribution in [-0.2, 0) is 0 Å². The Kier molecular flexibility index (Phi) is 5.28. The van der Waals surface area contributed by atoms with E-state index >= 15 is 0 Å². The lowest BCUT2D eigenvalue weighted by atomic mass is 10.2. The van der Waals surface area contributed by atoms with Gasteiger partial charge in [0, 0.05) is 16.1 Å². The Hall–Kier alpha value is -1.94. The van der Waals surface area contributed by atoms with Crippen molar-refractivity contribution in [2.24, 2.45) is 0 Å². The van der Waals surface area contributed by atoms with E-state index in [-0.39, 0.29) is 12.0 Å². The van der Waals surface area contributed by atoms with Crippen LogP contribution in [0, 0.1) is 0 Å². The standard InChI is InChI=1S/C17H19NO2S/c1-12(2)20-15-8-6-14(7-9-15)18-17(19)13-4-10-16(21-3)11-5-13/h4-12H,1-3H3,(H,18,19). The fourth-order valence-electron chi connectivity index (χ4n) is 1.83. The molecule has 0 fully saturated rings. The van der Waals surface area contributed by atoms with Crippen LogP contribution < -0.4 is 10.1 Å². The second-order valence-corrected chi connectivity index (χ2v) is 5.75. The third kappa shape index (κ3) is 4.53. The van der Waals surface area contributed by atoms with Gasteiger partial charge in [-0.2, -0.15) is 0 Å². The highest BCUT2D eigenvalue weighted by Gasteiger charge is 2.06. The number of nitrogens with one attached hydrogen (secondary N) is 1. The first kappa shape index (κ1) is 15.4. The fourth-order valence-corrected chi connectivity index (χ4v) is 2.24. The first-order chi connectivity index (χ1) is 10.1. The van der Waals surface area contributed by atoms with E-state index in [2.05, 4.69) is 5.32 Å². The molecule has 2 aromatic carbocycles. The molecule has 0 saturated carbocycles. The van der Waals surface area contributed by atoms with Crippen LogP contribution in [-0.4, -0.2) is 18.3 Å². The molecule has 0 spiro atoms. The summed E-state index contributed by atoms with van der Waals surface area (Å²) < 4.78 is 5.57. The number of carbonyl (C=O) groups excluding carboxylic acids is 1. The number of hydrogen-bond acceptors (Lipinski definition) is 3. The molecule has 0 aromatic heterocycles. The molecule has 1 N–H and O–H groups in total. The van der Waals surface area contributed by atoms with Gasteiger partial charge in [-0.1, -0.05) is 0 Å². The quantitative estimate of drug-likeness (QED) is 0.829. The van der Waals surface area contributed by atoms with E-state index in [0.29, 0.717) is 5.56 Å². The summed E-state index contributed by atoms with van der Waals surface area (Å²) in [4.78, 5) is 13.3. The van der Waals surface area contributed by atoms with Gasteiger partial charge in [-0.25, -0.2) is 0 Å². The second-order valence-electron chi connectivity index (χ2n) is 4.87. The summed E-state index contributed by atoms with van der Waals surface area (Å²) in [6.45, 7) is 3.96. The average Bonchev–Trinajstić information content (AvgIpc) is 2.49. The zero-order valence-corrected chi connectivity index (χ0v) is 13.2. The highest BCUT2D eigenvalue weighted by molar-refractivity contribution is 7.98. The minimum absolute atomic E-state index is 0.111. The van der Waals surface area contributed by atoms with Crippen molar-refractivity contribution in [3.63, 3.8) is 0 Å². The van der Waals surface area contributed by atoms with Gasteiger partial charge in [-0.15, -0.1) is 11.8 Å². The number of ether oxygens (including phenoxy) is 1. The zero-order chi connectivity index (χ0) is 15.2. The molecule has 0 unspecified atom stereocenters. The third-order valence-electron chi connectivity index (χ3n) is 2.84. The lowest BCUT2D eigenvalue weighted by Gasteiger charge is -2.10. The van der Waals surface area contributed by atoms with E-state index in [1.54, 1.807) is 11.8 Å². The summed E-state index contributed by atoms with van der Waals surface area (Å²) in [5, 5.41) is 2.87. The number of benzene rings is 2. The van der Waals surface area contributed by atoms with Crippen LogP contribution in [0.25, 0.3) is 0 Å². The number of thioether (sulfide) groups is 1. The van der Waals surface area contributed by atoms with Gasteiger partial charge in [0.1, 0.15) is 5.75 Å². The van der Waals surface area contributed by atoms with Crippen LogP contribution in [0.5, 0.6) is 5.75 Å². The first-order valence-electron chi connectivity index (χ1n) is 6.80. The van der Waals surface area contributed by atoms with Crippen LogP contribution in [0.1, 0.15) is 24.2 Å². The molecule has 0 atom stereocenters. The predicted octanol–water partition coefficient (Wildman–Crippen LogP) is 4.45. The van der Waals surface area contributed by atoms with Crippen molar-refractivity contribution < 1.29 is 9.53 Å². The Labute approximate surface area is 129 Å². The minimum Gasteiger partial charge on any atom is -0.491 e. The SMILES string of the molecule is CSc1ccc(C(=O)Nc2ccc(OC(C)C)cc2)cc1. The Bertz CT molecular complexity index is 591. The highest BCUT2D eigenvalue weighted by atomic mass is 32.2. The van der Waals surface area contributed by atoms with Crippen molar-refractivity contribution in [3.05, 3.63) is 54.1 Å². The van der Waals surface area contributed by atoms with Gasteiger partial charge in [-0.3, -0.25) is 4.79 Å². The van der Waals surface area contributed by atoms with Crippen molar-refractivity contribution in [1.82, 2.24) is 0 Å². The molecule has 2 aromatic rings. The lowest BCUT2D eigenvalue weighted by molar-refractivity contribution is 0.102. The van der Waals surface area contributed by atoms with Gasteiger partial charge < -0.3 is 10.1 Å². The molecule has 110 valence electrons. The zero-order valence-electron chi connectivity index (χ0n) is 12.4. The largest absolute Gasteiger partial charge is 0.491 e. The predicted molar refractivity (Wildman–Crippen MR) is 88.4 cm³/mol. The maximum atomic E-state index is 12.1. The van der Waals surface area contributed by atoms with Gasteiger partial charge in [0.05, 0.1) is 6.10 Å². The van der Waals surface area contributed by atoms with Gasteiger partial charge in [0.25, 0.3) is 5.91 Å². The molecule has 0 aliphatic heterocycles. The smallest absolute Gasteiger partial charge is 0.255 e.